The van der Waals surface area contributed by atoms with Gasteiger partial charge < -0.3 is 0 Å². The Morgan fingerprint density at radius 3 is 0.493 bits per heavy atom. The van der Waals surface area contributed by atoms with Gasteiger partial charge in [-0.1, -0.05) is 617 Å². The Morgan fingerprint density at radius 2 is 0.220 bits per heavy atom. The maximum absolute atomic E-state index is 2.28. The summed E-state index contributed by atoms with van der Waals surface area (Å²) in [6, 6.07) is 220. The molecule has 0 aromatic heterocycles. The predicted octanol–water partition coefficient (Wildman–Crippen LogP) is 42.0. The molecule has 0 saturated heterocycles. The summed E-state index contributed by atoms with van der Waals surface area (Å²) in [6.07, 6.45) is 0. The number of benzene rings is 24. The molecule has 24 aromatic carbocycles. The van der Waals surface area contributed by atoms with Crippen LogP contribution in [-0.4, -0.2) is 0 Å². The zero-order chi connectivity index (χ0) is 102. The fourth-order valence-corrected chi connectivity index (χ4v) is 19.2. The summed E-state index contributed by atoms with van der Waals surface area (Å²) in [6.45, 7) is 12.8. The third-order valence-electron chi connectivity index (χ3n) is 27.4. The van der Waals surface area contributed by atoms with E-state index in [1.54, 1.807) is 0 Å². The topological polar surface area (TPSA) is 0 Å². The molecule has 24 rings (SSSR count). The molecular formula is C150H120. The highest BCUT2D eigenvalue weighted by Gasteiger charge is 2.15. The molecule has 0 aliphatic heterocycles. The molecule has 0 heteroatoms. The van der Waals surface area contributed by atoms with Crippen molar-refractivity contribution in [1.29, 1.82) is 0 Å². The van der Waals surface area contributed by atoms with E-state index in [4.69, 9.17) is 0 Å². The largest absolute Gasteiger partial charge is 0.0622 e. The van der Waals surface area contributed by atoms with Crippen LogP contribution >= 0.6 is 0 Å². The Hall–Kier alpha value is -18.7. The molecule has 150 heavy (non-hydrogen) atoms. The minimum Gasteiger partial charge on any atom is -0.0622 e. The van der Waals surface area contributed by atoms with E-state index < -0.39 is 0 Å². The van der Waals surface area contributed by atoms with Crippen molar-refractivity contribution in [1.82, 2.24) is 0 Å². The van der Waals surface area contributed by atoms with Crippen LogP contribution in [0.5, 0.6) is 0 Å². The third kappa shape index (κ3) is 26.3. The zero-order valence-electron chi connectivity index (χ0n) is 85.9. The van der Waals surface area contributed by atoms with Crippen LogP contribution in [0, 0.1) is 41.5 Å². The molecule has 24 aromatic rings. The summed E-state index contributed by atoms with van der Waals surface area (Å²) >= 11 is 0. The molecule has 720 valence electrons. The molecule has 0 nitrogen and oxygen atoms in total. The van der Waals surface area contributed by atoms with Gasteiger partial charge in [0.05, 0.1) is 0 Å². The minimum atomic E-state index is 1.24. The van der Waals surface area contributed by atoms with Gasteiger partial charge in [-0.25, -0.2) is 0 Å². The first kappa shape index (κ1) is 100.0. The van der Waals surface area contributed by atoms with Gasteiger partial charge in [0.2, 0.25) is 0 Å². The number of hydrogen-bond acceptors (Lipinski definition) is 0. The van der Waals surface area contributed by atoms with Gasteiger partial charge in [-0.15, -0.1) is 0 Å². The van der Waals surface area contributed by atoms with Crippen LogP contribution in [-0.2, 0) is 0 Å². The number of rotatable bonds is 18. The average Bonchev–Trinajstić information content (AvgIpc) is 0.826. The maximum atomic E-state index is 2.28. The summed E-state index contributed by atoms with van der Waals surface area (Å²) in [5.74, 6) is 0. The monoisotopic (exact) mass is 1920 g/mol. The lowest BCUT2D eigenvalue weighted by molar-refractivity contribution is 1.46. The number of hydrogen-bond donors (Lipinski definition) is 0. The lowest BCUT2D eigenvalue weighted by Gasteiger charge is -2.11. The van der Waals surface area contributed by atoms with Gasteiger partial charge in [-0.3, -0.25) is 0 Å². The van der Waals surface area contributed by atoms with Crippen molar-refractivity contribution in [3.63, 3.8) is 0 Å². The van der Waals surface area contributed by atoms with Crippen molar-refractivity contribution in [2.75, 3.05) is 0 Å². The Balaban J connectivity index is 0.000000113. The van der Waals surface area contributed by atoms with Crippen LogP contribution in [0.25, 0.3) is 200 Å². The first-order valence-electron chi connectivity index (χ1n) is 51.8. The molecule has 0 N–H and O–H groups in total. The molecule has 0 amide bonds. The highest BCUT2D eigenvalue weighted by Crippen LogP contribution is 2.40. The van der Waals surface area contributed by atoms with Gasteiger partial charge >= 0.3 is 0 Å². The summed E-state index contributed by atoms with van der Waals surface area (Å²) in [4.78, 5) is 0. The zero-order valence-corrected chi connectivity index (χ0v) is 85.9. The van der Waals surface area contributed by atoms with E-state index in [1.165, 1.54) is 234 Å². The van der Waals surface area contributed by atoms with Crippen molar-refractivity contribution in [3.8, 4) is 200 Å². The highest BCUT2D eigenvalue weighted by atomic mass is 14.2. The van der Waals surface area contributed by atoms with E-state index in [9.17, 15) is 0 Å². The molecular weight excluding hydrogens is 1800 g/mol. The van der Waals surface area contributed by atoms with E-state index in [2.05, 4.69) is 660 Å². The number of aryl methyl sites for hydroxylation is 6. The standard InChI is InChI=1S/6C25H20/c1-19-16-24(21-10-6-3-7-11-21)18-25(17-19)23-14-12-22(13-15-23)20-8-4-2-5-9-20;1-19-7-5-10-23(17-19)25-12-6-11-24(18-25)22-15-13-21(14-16-22)20-8-3-2-4-9-20;1-19-8-7-11-23(18-19)25-13-6-5-12-24(25)22-16-14-21(15-17-22)20-9-3-2-4-10-20;1-19-8-5-6-13-25(19)24-12-7-11-23(18-24)22-16-14-21(15-17-22)20-9-3-2-4-10-20;1-19-11-13-22(14-12-19)24-9-5-6-10-25(24)23-17-15-21(16-18-23)20-7-3-2-4-8-20;1-19-10-12-22(13-11-19)24-8-5-9-25(18-24)23-16-14-21(15-17-23)20-6-3-2-4-7-20/h6*2-18H,1H3. The van der Waals surface area contributed by atoms with Gasteiger partial charge in [0, 0.05) is 0 Å². The molecule has 0 fully saturated rings. The molecule has 0 heterocycles. The molecule has 0 bridgehead atoms. The molecule has 0 unspecified atom stereocenters. The van der Waals surface area contributed by atoms with Crippen molar-refractivity contribution in [2.24, 2.45) is 0 Å². The smallest absolute Gasteiger partial charge is 0.0105 e. The van der Waals surface area contributed by atoms with Gasteiger partial charge in [0.15, 0.2) is 0 Å². The predicted molar refractivity (Wildman–Crippen MR) is 645 cm³/mol. The lowest BCUT2D eigenvalue weighted by Crippen LogP contribution is -1.86. The third-order valence-corrected chi connectivity index (χ3v) is 27.4. The highest BCUT2D eigenvalue weighted by molar-refractivity contribution is 5.88. The Bertz CT molecular complexity index is 8430. The van der Waals surface area contributed by atoms with Crippen molar-refractivity contribution in [3.05, 3.63) is 652 Å². The summed E-state index contributed by atoms with van der Waals surface area (Å²) in [5.41, 5.74) is 53.0. The van der Waals surface area contributed by atoms with E-state index >= 15 is 0 Å². The van der Waals surface area contributed by atoms with Crippen molar-refractivity contribution < 1.29 is 0 Å². The van der Waals surface area contributed by atoms with E-state index in [0.29, 0.717) is 0 Å². The molecule has 0 saturated carbocycles. The van der Waals surface area contributed by atoms with Crippen LogP contribution in [0.3, 0.4) is 0 Å². The fraction of sp³-hybridized carbons (Fsp3) is 0.0400. The molecule has 0 atom stereocenters. The lowest BCUT2D eigenvalue weighted by atomic mass is 9.93. The van der Waals surface area contributed by atoms with Gasteiger partial charge in [-0.2, -0.15) is 0 Å². The van der Waals surface area contributed by atoms with Gasteiger partial charge in [-0.05, 0) is 277 Å². The average molecular weight is 1920 g/mol. The van der Waals surface area contributed by atoms with Crippen molar-refractivity contribution in [2.45, 2.75) is 41.5 Å². The van der Waals surface area contributed by atoms with Crippen LogP contribution in [0.15, 0.2) is 619 Å². The minimum absolute atomic E-state index is 1.24. The van der Waals surface area contributed by atoms with Gasteiger partial charge in [0.25, 0.3) is 0 Å². The molecule has 0 radical (unpaired) electrons. The normalized spacial score (nSPS) is 10.6. The van der Waals surface area contributed by atoms with E-state index in [1.807, 2.05) is 0 Å². The van der Waals surface area contributed by atoms with Crippen LogP contribution < -0.4 is 0 Å². The summed E-state index contributed by atoms with van der Waals surface area (Å²) < 4.78 is 0. The first-order valence-corrected chi connectivity index (χ1v) is 51.8. The Kier molecular flexibility index (Phi) is 33.1. The van der Waals surface area contributed by atoms with Crippen LogP contribution in [0.1, 0.15) is 33.4 Å². The quantitative estimate of drug-likeness (QED) is 0.0803. The second kappa shape index (κ2) is 49.7. The fourth-order valence-electron chi connectivity index (χ4n) is 19.2. The SMILES string of the molecule is Cc1cc(-c2ccccc2)cc(-c2ccc(-c3ccccc3)cc2)c1.Cc1ccc(-c2cccc(-c3ccc(-c4ccccc4)cc3)c2)cc1.Cc1ccc(-c2ccccc2-c2ccc(-c3ccccc3)cc2)cc1.Cc1cccc(-c2cccc(-c3ccc(-c4ccccc4)cc3)c2)c1.Cc1cccc(-c2ccccc2-c2ccc(-c3ccccc3)cc2)c1.Cc1ccccc1-c1cccc(-c2ccc(-c3ccccc3)cc2)c1. The van der Waals surface area contributed by atoms with E-state index in [0.717, 1.165) is 0 Å². The van der Waals surface area contributed by atoms with E-state index in [-0.39, 0.29) is 0 Å². The van der Waals surface area contributed by atoms with Crippen molar-refractivity contribution >= 4 is 0 Å². The maximum Gasteiger partial charge on any atom is -0.0105 e. The van der Waals surface area contributed by atoms with Crippen LogP contribution in [0.4, 0.5) is 0 Å². The second-order valence-corrected chi connectivity index (χ2v) is 38.2. The second-order valence-electron chi connectivity index (χ2n) is 38.2. The summed E-state index contributed by atoms with van der Waals surface area (Å²) in [7, 11) is 0. The first-order chi connectivity index (χ1) is 73.8. The Labute approximate surface area is 887 Å². The van der Waals surface area contributed by atoms with Gasteiger partial charge in [0.1, 0.15) is 0 Å². The molecule has 0 aliphatic carbocycles. The van der Waals surface area contributed by atoms with Crippen LogP contribution in [0.2, 0.25) is 0 Å². The molecule has 0 spiro atoms. The Morgan fingerprint density at radius 1 is 0.0733 bits per heavy atom. The molecule has 0 aliphatic rings. The summed E-state index contributed by atoms with van der Waals surface area (Å²) in [5, 5.41) is 0.